The van der Waals surface area contributed by atoms with Crippen LogP contribution < -0.4 is 16.0 Å². The van der Waals surface area contributed by atoms with Crippen LogP contribution in [-0.4, -0.2) is 62.0 Å². The molecule has 2 amide bonds. The Morgan fingerprint density at radius 2 is 1.88 bits per heavy atom. The van der Waals surface area contributed by atoms with E-state index in [1.165, 1.54) is 0 Å². The zero-order valence-electron chi connectivity index (χ0n) is 18.4. The van der Waals surface area contributed by atoms with Crippen molar-refractivity contribution in [3.05, 3.63) is 44.8 Å². The SMILES string of the molecule is CCOC(=O)c1c(NC(=O)CN2CCN(c3cc(Cl)ccc3C)CC2)sc(C(N)=O)c1C. The molecule has 32 heavy (non-hydrogen) atoms. The molecule has 0 aliphatic carbocycles. The number of nitrogens with zero attached hydrogens (tertiary/aromatic N) is 2. The molecule has 0 saturated carbocycles. The van der Waals surface area contributed by atoms with Gasteiger partial charge in [0.2, 0.25) is 5.91 Å². The lowest BCUT2D eigenvalue weighted by molar-refractivity contribution is -0.117. The van der Waals surface area contributed by atoms with Crippen molar-refractivity contribution in [3.63, 3.8) is 0 Å². The molecule has 1 aliphatic rings. The van der Waals surface area contributed by atoms with Gasteiger partial charge in [-0.1, -0.05) is 17.7 Å². The molecule has 2 aromatic rings. The summed E-state index contributed by atoms with van der Waals surface area (Å²) in [5, 5.41) is 3.76. The van der Waals surface area contributed by atoms with Crippen LogP contribution in [0.1, 0.15) is 38.1 Å². The second kappa shape index (κ2) is 10.3. The molecule has 0 bridgehead atoms. The Morgan fingerprint density at radius 1 is 1.19 bits per heavy atom. The number of primary amides is 1. The van der Waals surface area contributed by atoms with Crippen LogP contribution in [0.3, 0.4) is 0 Å². The molecule has 3 rings (SSSR count). The van der Waals surface area contributed by atoms with E-state index in [1.807, 2.05) is 23.1 Å². The standard InChI is InChI=1S/C22H27ClN4O4S/c1-4-31-22(30)18-14(3)19(20(24)29)32-21(18)25-17(28)12-26-7-9-27(10-8-26)16-11-15(23)6-5-13(16)2/h5-6,11H,4,7-10,12H2,1-3H3,(H2,24,29)(H,25,28). The van der Waals surface area contributed by atoms with Crippen LogP contribution in [0.5, 0.6) is 0 Å². The molecule has 1 aromatic heterocycles. The molecular formula is C22H27ClN4O4S. The summed E-state index contributed by atoms with van der Waals surface area (Å²) in [4.78, 5) is 41.3. The summed E-state index contributed by atoms with van der Waals surface area (Å²) in [5.41, 5.74) is 8.28. The number of aryl methyl sites for hydroxylation is 1. The first-order chi connectivity index (χ1) is 15.2. The highest BCUT2D eigenvalue weighted by Gasteiger charge is 2.27. The van der Waals surface area contributed by atoms with Gasteiger partial charge in [0.15, 0.2) is 0 Å². The Morgan fingerprint density at radius 3 is 2.50 bits per heavy atom. The van der Waals surface area contributed by atoms with E-state index in [2.05, 4.69) is 17.1 Å². The molecule has 1 aromatic carbocycles. The minimum atomic E-state index is -0.647. The summed E-state index contributed by atoms with van der Waals surface area (Å²) >= 11 is 7.14. The fourth-order valence-corrected chi connectivity index (χ4v) is 4.95. The van der Waals surface area contributed by atoms with Crippen LogP contribution >= 0.6 is 22.9 Å². The first kappa shape index (κ1) is 24.0. The molecule has 8 nitrogen and oxygen atoms in total. The van der Waals surface area contributed by atoms with Crippen molar-refractivity contribution in [1.82, 2.24) is 4.90 Å². The Balaban J connectivity index is 1.64. The number of nitrogens with two attached hydrogens (primary N) is 1. The second-order valence-electron chi connectivity index (χ2n) is 7.59. The summed E-state index contributed by atoms with van der Waals surface area (Å²) in [6.07, 6.45) is 0. The lowest BCUT2D eigenvalue weighted by atomic mass is 10.1. The maximum absolute atomic E-state index is 12.7. The molecule has 172 valence electrons. The third-order valence-corrected chi connectivity index (χ3v) is 6.81. The van der Waals surface area contributed by atoms with Gasteiger partial charge in [0, 0.05) is 36.9 Å². The number of carbonyl (C=O) groups excluding carboxylic acids is 3. The van der Waals surface area contributed by atoms with Crippen molar-refractivity contribution in [2.75, 3.05) is 49.5 Å². The summed E-state index contributed by atoms with van der Waals surface area (Å²) < 4.78 is 5.08. The van der Waals surface area contributed by atoms with Crippen LogP contribution in [0.15, 0.2) is 18.2 Å². The number of ether oxygens (including phenoxy) is 1. The molecule has 0 atom stereocenters. The maximum atomic E-state index is 12.7. The Bertz CT molecular complexity index is 1030. The molecule has 10 heteroatoms. The van der Waals surface area contributed by atoms with Crippen LogP contribution in [0.25, 0.3) is 0 Å². The van der Waals surface area contributed by atoms with Gasteiger partial charge in [-0.25, -0.2) is 4.79 Å². The number of nitrogens with one attached hydrogen (secondary N) is 1. The van der Waals surface area contributed by atoms with Crippen molar-refractivity contribution in [2.45, 2.75) is 20.8 Å². The molecule has 0 spiro atoms. The van der Waals surface area contributed by atoms with Crippen LogP contribution in [0.2, 0.25) is 5.02 Å². The quantitative estimate of drug-likeness (QED) is 0.592. The highest BCUT2D eigenvalue weighted by atomic mass is 35.5. The second-order valence-corrected chi connectivity index (χ2v) is 9.04. The van der Waals surface area contributed by atoms with Gasteiger partial charge >= 0.3 is 5.97 Å². The molecule has 0 radical (unpaired) electrons. The fourth-order valence-electron chi connectivity index (χ4n) is 3.73. The summed E-state index contributed by atoms with van der Waals surface area (Å²) in [5.74, 6) is -1.50. The molecule has 0 unspecified atom stereocenters. The van der Waals surface area contributed by atoms with E-state index < -0.39 is 11.9 Å². The molecule has 1 aliphatic heterocycles. The molecular weight excluding hydrogens is 452 g/mol. The minimum Gasteiger partial charge on any atom is -0.462 e. The lowest BCUT2D eigenvalue weighted by Crippen LogP contribution is -2.48. The summed E-state index contributed by atoms with van der Waals surface area (Å²) in [6.45, 7) is 8.68. The number of carbonyl (C=O) groups is 3. The van der Waals surface area contributed by atoms with Crippen molar-refractivity contribution >= 4 is 51.4 Å². The van der Waals surface area contributed by atoms with Crippen molar-refractivity contribution in [1.29, 1.82) is 0 Å². The van der Waals surface area contributed by atoms with Gasteiger partial charge < -0.3 is 20.7 Å². The van der Waals surface area contributed by atoms with E-state index in [9.17, 15) is 14.4 Å². The molecule has 1 fully saturated rings. The minimum absolute atomic E-state index is 0.174. The van der Waals surface area contributed by atoms with E-state index in [0.29, 0.717) is 23.7 Å². The van der Waals surface area contributed by atoms with Crippen molar-refractivity contribution < 1.29 is 19.1 Å². The van der Waals surface area contributed by atoms with Gasteiger partial charge in [0.05, 0.1) is 23.6 Å². The Labute approximate surface area is 196 Å². The monoisotopic (exact) mass is 478 g/mol. The average molecular weight is 479 g/mol. The number of thiophene rings is 1. The van der Waals surface area contributed by atoms with E-state index in [-0.39, 0.29) is 34.5 Å². The van der Waals surface area contributed by atoms with Gasteiger partial charge in [-0.15, -0.1) is 11.3 Å². The van der Waals surface area contributed by atoms with Crippen LogP contribution in [-0.2, 0) is 9.53 Å². The fraction of sp³-hybridized carbons (Fsp3) is 0.409. The highest BCUT2D eigenvalue weighted by Crippen LogP contribution is 2.33. The Hall–Kier alpha value is -2.62. The van der Waals surface area contributed by atoms with Gasteiger partial charge in [-0.05, 0) is 44.0 Å². The third kappa shape index (κ3) is 5.40. The predicted octanol–water partition coefficient (Wildman–Crippen LogP) is 3.05. The molecule has 3 N–H and O–H groups in total. The number of rotatable bonds is 7. The number of anilines is 2. The van der Waals surface area contributed by atoms with Crippen LogP contribution in [0, 0.1) is 13.8 Å². The Kier molecular flexibility index (Phi) is 7.76. The topological polar surface area (TPSA) is 105 Å². The number of hydrogen-bond acceptors (Lipinski definition) is 7. The number of esters is 1. The van der Waals surface area contributed by atoms with E-state index in [0.717, 1.165) is 35.7 Å². The number of halogens is 1. The van der Waals surface area contributed by atoms with E-state index >= 15 is 0 Å². The lowest BCUT2D eigenvalue weighted by Gasteiger charge is -2.36. The van der Waals surface area contributed by atoms with Crippen LogP contribution in [0.4, 0.5) is 10.7 Å². The van der Waals surface area contributed by atoms with E-state index in [1.54, 1.807) is 13.8 Å². The average Bonchev–Trinajstić information content (AvgIpc) is 3.06. The number of amides is 2. The van der Waals surface area contributed by atoms with Gasteiger partial charge in [0.25, 0.3) is 5.91 Å². The highest BCUT2D eigenvalue weighted by molar-refractivity contribution is 7.18. The first-order valence-corrected chi connectivity index (χ1v) is 11.5. The predicted molar refractivity (Wildman–Crippen MR) is 127 cm³/mol. The number of hydrogen-bond donors (Lipinski definition) is 2. The zero-order chi connectivity index (χ0) is 23.4. The maximum Gasteiger partial charge on any atom is 0.341 e. The summed E-state index contributed by atoms with van der Waals surface area (Å²) in [7, 11) is 0. The van der Waals surface area contributed by atoms with Gasteiger partial charge in [0.1, 0.15) is 5.00 Å². The first-order valence-electron chi connectivity index (χ1n) is 10.3. The van der Waals surface area contributed by atoms with Crippen molar-refractivity contribution in [2.24, 2.45) is 5.73 Å². The van der Waals surface area contributed by atoms with E-state index in [4.69, 9.17) is 22.1 Å². The van der Waals surface area contributed by atoms with Crippen molar-refractivity contribution in [3.8, 4) is 0 Å². The zero-order valence-corrected chi connectivity index (χ0v) is 19.9. The smallest absolute Gasteiger partial charge is 0.341 e. The summed E-state index contributed by atoms with van der Waals surface area (Å²) in [6, 6.07) is 5.84. The van der Waals surface area contributed by atoms with Gasteiger partial charge in [-0.2, -0.15) is 0 Å². The van der Waals surface area contributed by atoms with Gasteiger partial charge in [-0.3, -0.25) is 14.5 Å². The molecule has 2 heterocycles. The molecule has 1 saturated heterocycles. The number of benzene rings is 1. The third-order valence-electron chi connectivity index (χ3n) is 5.35. The largest absolute Gasteiger partial charge is 0.462 e. The number of piperazine rings is 1. The normalized spacial score (nSPS) is 14.3.